The molecule has 0 saturated carbocycles. The molecule has 0 saturated heterocycles. The van der Waals surface area contributed by atoms with Gasteiger partial charge >= 0.3 is 0 Å². The first-order chi connectivity index (χ1) is 16.2. The summed E-state index contributed by atoms with van der Waals surface area (Å²) in [6.45, 7) is 2.56. The quantitative estimate of drug-likeness (QED) is 0.418. The van der Waals surface area contributed by atoms with Crippen molar-refractivity contribution in [2.45, 2.75) is 20.0 Å². The van der Waals surface area contributed by atoms with Crippen molar-refractivity contribution in [3.8, 4) is 22.5 Å². The van der Waals surface area contributed by atoms with Gasteiger partial charge in [-0.3, -0.25) is 19.4 Å². The predicted molar refractivity (Wildman–Crippen MR) is 129 cm³/mol. The van der Waals surface area contributed by atoms with Gasteiger partial charge in [0.15, 0.2) is 0 Å². The molecule has 5 rings (SSSR count). The van der Waals surface area contributed by atoms with Gasteiger partial charge in [0.25, 0.3) is 0 Å². The van der Waals surface area contributed by atoms with E-state index in [4.69, 9.17) is 5.10 Å². The van der Waals surface area contributed by atoms with Crippen LogP contribution in [0.5, 0.6) is 0 Å². The predicted octanol–water partition coefficient (Wildman–Crippen LogP) is 4.79. The number of rotatable bonds is 6. The van der Waals surface area contributed by atoms with E-state index in [1.165, 1.54) is 0 Å². The minimum atomic E-state index is -0.101. The number of hydrogen-bond donors (Lipinski definition) is 1. The summed E-state index contributed by atoms with van der Waals surface area (Å²) in [5.41, 5.74) is 6.32. The van der Waals surface area contributed by atoms with Gasteiger partial charge in [-0.15, -0.1) is 0 Å². The summed E-state index contributed by atoms with van der Waals surface area (Å²) in [4.78, 5) is 21.8. The fraction of sp³-hybridized carbons (Fsp3) is 0.111. The maximum atomic E-state index is 12.6. The van der Waals surface area contributed by atoms with Gasteiger partial charge in [0, 0.05) is 35.6 Å². The molecule has 6 nitrogen and oxygen atoms in total. The third-order valence-corrected chi connectivity index (χ3v) is 5.47. The van der Waals surface area contributed by atoms with Gasteiger partial charge in [-0.2, -0.15) is 5.10 Å². The van der Waals surface area contributed by atoms with E-state index in [-0.39, 0.29) is 12.5 Å². The van der Waals surface area contributed by atoms with Crippen molar-refractivity contribution in [2.24, 2.45) is 0 Å². The van der Waals surface area contributed by atoms with Gasteiger partial charge in [0.1, 0.15) is 12.2 Å². The van der Waals surface area contributed by atoms with Gasteiger partial charge in [0.2, 0.25) is 5.91 Å². The Hall–Kier alpha value is -4.32. The Bertz CT molecular complexity index is 1420. The Morgan fingerprint density at radius 1 is 0.909 bits per heavy atom. The molecule has 0 aliphatic heterocycles. The van der Waals surface area contributed by atoms with E-state index in [0.29, 0.717) is 6.54 Å². The zero-order valence-corrected chi connectivity index (χ0v) is 18.3. The monoisotopic (exact) mass is 433 g/mol. The smallest absolute Gasteiger partial charge is 0.241 e. The van der Waals surface area contributed by atoms with Crippen molar-refractivity contribution in [1.82, 2.24) is 25.1 Å². The van der Waals surface area contributed by atoms with Gasteiger partial charge in [-0.05, 0) is 42.3 Å². The van der Waals surface area contributed by atoms with Crippen LogP contribution in [0.25, 0.3) is 33.4 Å². The number of amides is 1. The lowest BCUT2D eigenvalue weighted by Crippen LogP contribution is -2.27. The SMILES string of the molecule is Cc1cccc(-c2nn(CC(=O)NCc3ccccc3)cc2-c2ccnc3ccccc23)n1. The number of nitrogens with one attached hydrogen (secondary N) is 1. The van der Waals surface area contributed by atoms with Crippen LogP contribution in [0.1, 0.15) is 11.3 Å². The van der Waals surface area contributed by atoms with Crippen molar-refractivity contribution in [3.05, 3.63) is 103 Å². The van der Waals surface area contributed by atoms with E-state index < -0.39 is 0 Å². The first-order valence-electron chi connectivity index (χ1n) is 10.8. The summed E-state index contributed by atoms with van der Waals surface area (Å²) < 4.78 is 1.68. The number of carbonyl (C=O) groups excluding carboxylic acids is 1. The molecule has 0 aliphatic carbocycles. The summed E-state index contributed by atoms with van der Waals surface area (Å²) in [6.07, 6.45) is 3.72. The van der Waals surface area contributed by atoms with E-state index in [1.807, 2.05) is 85.9 Å². The van der Waals surface area contributed by atoms with Crippen LogP contribution >= 0.6 is 0 Å². The second kappa shape index (κ2) is 9.04. The summed E-state index contributed by atoms with van der Waals surface area (Å²) in [5, 5.41) is 8.77. The molecule has 3 aromatic heterocycles. The second-order valence-corrected chi connectivity index (χ2v) is 7.89. The Morgan fingerprint density at radius 2 is 1.73 bits per heavy atom. The molecule has 3 heterocycles. The molecule has 1 N–H and O–H groups in total. The number of fused-ring (bicyclic) bond motifs is 1. The highest BCUT2D eigenvalue weighted by molar-refractivity contribution is 5.97. The van der Waals surface area contributed by atoms with E-state index >= 15 is 0 Å². The molecule has 0 fully saturated rings. The standard InChI is InChI=1S/C27H23N5O/c1-19-8-7-13-25(30-19)27-23(21-14-15-28-24-12-6-5-11-22(21)24)17-32(31-27)18-26(33)29-16-20-9-3-2-4-10-20/h2-15,17H,16,18H2,1H3,(H,29,33). The van der Waals surface area contributed by atoms with E-state index in [0.717, 1.165) is 44.7 Å². The van der Waals surface area contributed by atoms with Crippen LogP contribution in [0.15, 0.2) is 91.3 Å². The zero-order valence-electron chi connectivity index (χ0n) is 18.3. The Labute approximate surface area is 192 Å². The molecule has 0 atom stereocenters. The lowest BCUT2D eigenvalue weighted by Gasteiger charge is -2.06. The number of carbonyl (C=O) groups is 1. The molecule has 0 bridgehead atoms. The summed E-state index contributed by atoms with van der Waals surface area (Å²) in [6, 6.07) is 25.7. The number of benzene rings is 2. The number of para-hydroxylation sites is 1. The summed E-state index contributed by atoms with van der Waals surface area (Å²) >= 11 is 0. The average Bonchev–Trinajstić information content (AvgIpc) is 3.26. The third-order valence-electron chi connectivity index (χ3n) is 5.47. The van der Waals surface area contributed by atoms with Gasteiger partial charge in [-0.25, -0.2) is 0 Å². The van der Waals surface area contributed by atoms with E-state index in [1.54, 1.807) is 10.9 Å². The molecule has 162 valence electrons. The van der Waals surface area contributed by atoms with Gasteiger partial charge in [0.05, 0.1) is 11.2 Å². The summed E-state index contributed by atoms with van der Waals surface area (Å²) in [7, 11) is 0. The van der Waals surface area contributed by atoms with Crippen LogP contribution in [0, 0.1) is 6.92 Å². The topological polar surface area (TPSA) is 72.7 Å². The molecule has 0 unspecified atom stereocenters. The van der Waals surface area contributed by atoms with Crippen molar-refractivity contribution in [1.29, 1.82) is 0 Å². The van der Waals surface area contributed by atoms with Gasteiger partial charge in [-0.1, -0.05) is 54.6 Å². The number of aryl methyl sites for hydroxylation is 1. The van der Waals surface area contributed by atoms with Crippen LogP contribution < -0.4 is 5.32 Å². The molecule has 6 heteroatoms. The lowest BCUT2D eigenvalue weighted by molar-refractivity contribution is -0.122. The first-order valence-corrected chi connectivity index (χ1v) is 10.8. The number of hydrogen-bond acceptors (Lipinski definition) is 4. The zero-order chi connectivity index (χ0) is 22.6. The molecule has 0 aliphatic rings. The van der Waals surface area contributed by atoms with Crippen molar-refractivity contribution < 1.29 is 4.79 Å². The minimum absolute atomic E-state index is 0.101. The maximum absolute atomic E-state index is 12.6. The van der Waals surface area contributed by atoms with Crippen LogP contribution in [-0.2, 0) is 17.9 Å². The molecule has 0 radical (unpaired) electrons. The molecule has 0 spiro atoms. The van der Waals surface area contributed by atoms with Crippen molar-refractivity contribution >= 4 is 16.8 Å². The Morgan fingerprint density at radius 3 is 2.58 bits per heavy atom. The maximum Gasteiger partial charge on any atom is 0.241 e. The van der Waals surface area contributed by atoms with E-state index in [2.05, 4.69) is 21.4 Å². The molecule has 1 amide bonds. The summed E-state index contributed by atoms with van der Waals surface area (Å²) in [5.74, 6) is -0.101. The fourth-order valence-electron chi connectivity index (χ4n) is 3.89. The number of aromatic nitrogens is 4. The Kier molecular flexibility index (Phi) is 5.64. The number of pyridine rings is 2. The van der Waals surface area contributed by atoms with Crippen LogP contribution in [0.3, 0.4) is 0 Å². The second-order valence-electron chi connectivity index (χ2n) is 7.89. The largest absolute Gasteiger partial charge is 0.350 e. The highest BCUT2D eigenvalue weighted by Gasteiger charge is 2.18. The third kappa shape index (κ3) is 4.50. The highest BCUT2D eigenvalue weighted by Crippen LogP contribution is 2.34. The van der Waals surface area contributed by atoms with Crippen LogP contribution in [-0.4, -0.2) is 25.7 Å². The molecule has 2 aromatic carbocycles. The highest BCUT2D eigenvalue weighted by atomic mass is 16.2. The van der Waals surface area contributed by atoms with E-state index in [9.17, 15) is 4.79 Å². The first kappa shape index (κ1) is 20.6. The minimum Gasteiger partial charge on any atom is -0.350 e. The van der Waals surface area contributed by atoms with Gasteiger partial charge < -0.3 is 5.32 Å². The van der Waals surface area contributed by atoms with Crippen LogP contribution in [0.4, 0.5) is 0 Å². The van der Waals surface area contributed by atoms with Crippen molar-refractivity contribution in [2.75, 3.05) is 0 Å². The normalized spacial score (nSPS) is 10.9. The lowest BCUT2D eigenvalue weighted by atomic mass is 10.0. The number of nitrogens with zero attached hydrogens (tertiary/aromatic N) is 4. The Balaban J connectivity index is 1.50. The van der Waals surface area contributed by atoms with Crippen LogP contribution in [0.2, 0.25) is 0 Å². The molecular weight excluding hydrogens is 410 g/mol. The fourth-order valence-corrected chi connectivity index (χ4v) is 3.89. The molecular formula is C27H23N5O. The average molecular weight is 434 g/mol. The molecule has 33 heavy (non-hydrogen) atoms. The van der Waals surface area contributed by atoms with Crippen molar-refractivity contribution in [3.63, 3.8) is 0 Å². The molecule has 5 aromatic rings.